The van der Waals surface area contributed by atoms with Crippen LogP contribution in [0.5, 0.6) is 0 Å². The standard InChI is InChI=1S/C9H19N3/c1-9(2,3)4-7-5-12(6-7)8(10)11/h7H,4-6H2,1-3H3,(H3,10,11). The minimum atomic E-state index is 0.222. The molecule has 0 bridgehead atoms. The molecule has 0 amide bonds. The van der Waals surface area contributed by atoms with Gasteiger partial charge in [0, 0.05) is 13.1 Å². The fraction of sp³-hybridized carbons (Fsp3) is 0.889. The van der Waals surface area contributed by atoms with Crippen molar-refractivity contribution in [3.63, 3.8) is 0 Å². The summed E-state index contributed by atoms with van der Waals surface area (Å²) in [7, 11) is 0. The van der Waals surface area contributed by atoms with Crippen LogP contribution in [0.4, 0.5) is 0 Å². The predicted molar refractivity (Wildman–Crippen MR) is 51.0 cm³/mol. The summed E-state index contributed by atoms with van der Waals surface area (Å²) in [5, 5.41) is 7.18. The normalized spacial score (nSPS) is 19.1. The molecule has 0 aromatic rings. The summed E-state index contributed by atoms with van der Waals surface area (Å²) in [5.74, 6) is 0.967. The molecular weight excluding hydrogens is 150 g/mol. The number of hydrogen-bond acceptors (Lipinski definition) is 1. The van der Waals surface area contributed by atoms with E-state index in [1.165, 1.54) is 6.42 Å². The van der Waals surface area contributed by atoms with Crippen molar-refractivity contribution in [1.29, 1.82) is 5.41 Å². The number of rotatable bonds is 1. The van der Waals surface area contributed by atoms with E-state index in [-0.39, 0.29) is 5.96 Å². The van der Waals surface area contributed by atoms with Crippen LogP contribution in [0.1, 0.15) is 27.2 Å². The van der Waals surface area contributed by atoms with Crippen molar-refractivity contribution >= 4 is 5.96 Å². The van der Waals surface area contributed by atoms with Crippen LogP contribution in [0.25, 0.3) is 0 Å². The highest BCUT2D eigenvalue weighted by Crippen LogP contribution is 2.29. The second-order valence-corrected chi connectivity index (χ2v) is 4.92. The molecule has 3 N–H and O–H groups in total. The van der Waals surface area contributed by atoms with Crippen molar-refractivity contribution in [2.75, 3.05) is 13.1 Å². The molecule has 3 heteroatoms. The highest BCUT2D eigenvalue weighted by Gasteiger charge is 2.30. The average molecular weight is 169 g/mol. The van der Waals surface area contributed by atoms with Crippen molar-refractivity contribution in [1.82, 2.24) is 4.90 Å². The van der Waals surface area contributed by atoms with Gasteiger partial charge >= 0.3 is 0 Å². The molecule has 1 rings (SSSR count). The summed E-state index contributed by atoms with van der Waals surface area (Å²) >= 11 is 0. The summed E-state index contributed by atoms with van der Waals surface area (Å²) in [4.78, 5) is 1.91. The van der Waals surface area contributed by atoms with Gasteiger partial charge in [-0.1, -0.05) is 20.8 Å². The van der Waals surface area contributed by atoms with E-state index in [0.717, 1.165) is 19.0 Å². The van der Waals surface area contributed by atoms with Crippen molar-refractivity contribution < 1.29 is 0 Å². The van der Waals surface area contributed by atoms with E-state index < -0.39 is 0 Å². The minimum absolute atomic E-state index is 0.222. The predicted octanol–water partition coefficient (Wildman–Crippen LogP) is 1.25. The van der Waals surface area contributed by atoms with Gasteiger partial charge in [-0.05, 0) is 17.8 Å². The molecule has 0 saturated carbocycles. The molecule has 0 spiro atoms. The van der Waals surface area contributed by atoms with E-state index in [9.17, 15) is 0 Å². The molecule has 12 heavy (non-hydrogen) atoms. The Balaban J connectivity index is 2.22. The lowest BCUT2D eigenvalue weighted by Crippen LogP contribution is -2.53. The number of hydrogen-bond donors (Lipinski definition) is 2. The molecule has 0 radical (unpaired) electrons. The minimum Gasteiger partial charge on any atom is -0.370 e. The Labute approximate surface area is 74.4 Å². The summed E-state index contributed by atoms with van der Waals surface area (Å²) in [6.07, 6.45) is 1.23. The molecule has 3 nitrogen and oxygen atoms in total. The Kier molecular flexibility index (Phi) is 2.31. The molecule has 0 aromatic heterocycles. The van der Waals surface area contributed by atoms with Gasteiger partial charge in [0.15, 0.2) is 5.96 Å². The number of nitrogens with one attached hydrogen (secondary N) is 1. The third-order valence-corrected chi connectivity index (χ3v) is 2.20. The van der Waals surface area contributed by atoms with Crippen molar-refractivity contribution in [2.45, 2.75) is 27.2 Å². The number of nitrogens with two attached hydrogens (primary N) is 1. The van der Waals surface area contributed by atoms with Gasteiger partial charge in [-0.3, -0.25) is 5.41 Å². The molecule has 0 unspecified atom stereocenters. The van der Waals surface area contributed by atoms with Crippen LogP contribution in [-0.2, 0) is 0 Å². The van der Waals surface area contributed by atoms with E-state index in [1.54, 1.807) is 0 Å². The second kappa shape index (κ2) is 2.96. The highest BCUT2D eigenvalue weighted by atomic mass is 15.3. The first-order valence-corrected chi connectivity index (χ1v) is 4.47. The lowest BCUT2D eigenvalue weighted by Gasteiger charge is -2.42. The van der Waals surface area contributed by atoms with E-state index in [2.05, 4.69) is 20.8 Å². The highest BCUT2D eigenvalue weighted by molar-refractivity contribution is 5.75. The third kappa shape index (κ3) is 2.40. The van der Waals surface area contributed by atoms with E-state index in [1.807, 2.05) is 4.90 Å². The van der Waals surface area contributed by atoms with Crippen LogP contribution in [0.15, 0.2) is 0 Å². The zero-order chi connectivity index (χ0) is 9.35. The van der Waals surface area contributed by atoms with Crippen LogP contribution < -0.4 is 5.73 Å². The van der Waals surface area contributed by atoms with Gasteiger partial charge in [-0.25, -0.2) is 0 Å². The Morgan fingerprint density at radius 2 is 2.00 bits per heavy atom. The van der Waals surface area contributed by atoms with Crippen LogP contribution in [0.2, 0.25) is 0 Å². The lowest BCUT2D eigenvalue weighted by molar-refractivity contribution is 0.132. The number of guanidine groups is 1. The molecule has 0 aromatic carbocycles. The van der Waals surface area contributed by atoms with Crippen LogP contribution in [0.3, 0.4) is 0 Å². The topological polar surface area (TPSA) is 53.1 Å². The first-order chi connectivity index (χ1) is 5.38. The number of likely N-dealkylation sites (tertiary alicyclic amines) is 1. The maximum atomic E-state index is 7.18. The van der Waals surface area contributed by atoms with Gasteiger partial charge in [0.2, 0.25) is 0 Å². The molecule has 0 aliphatic carbocycles. The maximum Gasteiger partial charge on any atom is 0.188 e. The molecular formula is C9H19N3. The smallest absolute Gasteiger partial charge is 0.188 e. The summed E-state index contributed by atoms with van der Waals surface area (Å²) in [6, 6.07) is 0. The van der Waals surface area contributed by atoms with Gasteiger partial charge in [0.25, 0.3) is 0 Å². The molecule has 1 heterocycles. The first kappa shape index (κ1) is 9.36. The van der Waals surface area contributed by atoms with Crippen molar-refractivity contribution in [3.8, 4) is 0 Å². The van der Waals surface area contributed by atoms with E-state index >= 15 is 0 Å². The Morgan fingerprint density at radius 3 is 2.33 bits per heavy atom. The summed E-state index contributed by atoms with van der Waals surface area (Å²) < 4.78 is 0. The largest absolute Gasteiger partial charge is 0.370 e. The Hall–Kier alpha value is -0.730. The Morgan fingerprint density at radius 1 is 1.50 bits per heavy atom. The molecule has 70 valence electrons. The van der Waals surface area contributed by atoms with E-state index in [4.69, 9.17) is 11.1 Å². The van der Waals surface area contributed by atoms with Crippen LogP contribution >= 0.6 is 0 Å². The first-order valence-electron chi connectivity index (χ1n) is 4.47. The van der Waals surface area contributed by atoms with Crippen molar-refractivity contribution in [2.24, 2.45) is 17.1 Å². The summed E-state index contributed by atoms with van der Waals surface area (Å²) in [5.41, 5.74) is 5.74. The van der Waals surface area contributed by atoms with E-state index in [0.29, 0.717) is 5.41 Å². The quantitative estimate of drug-likeness (QED) is 0.458. The maximum absolute atomic E-state index is 7.18. The van der Waals surface area contributed by atoms with Gasteiger partial charge in [-0.2, -0.15) is 0 Å². The monoisotopic (exact) mass is 169 g/mol. The molecule has 1 aliphatic heterocycles. The SMILES string of the molecule is CC(C)(C)CC1CN(C(=N)N)C1. The second-order valence-electron chi connectivity index (χ2n) is 4.92. The molecule has 1 saturated heterocycles. The summed E-state index contributed by atoms with van der Waals surface area (Å²) in [6.45, 7) is 8.72. The zero-order valence-electron chi connectivity index (χ0n) is 8.22. The van der Waals surface area contributed by atoms with Gasteiger partial charge < -0.3 is 10.6 Å². The lowest BCUT2D eigenvalue weighted by atomic mass is 9.81. The fourth-order valence-electron chi connectivity index (χ4n) is 1.76. The fourth-order valence-corrected chi connectivity index (χ4v) is 1.76. The van der Waals surface area contributed by atoms with Gasteiger partial charge in [0.1, 0.15) is 0 Å². The van der Waals surface area contributed by atoms with Gasteiger partial charge in [0.05, 0.1) is 0 Å². The average Bonchev–Trinajstić information content (AvgIpc) is 1.74. The molecule has 0 atom stereocenters. The molecule has 1 fully saturated rings. The molecule has 1 aliphatic rings. The van der Waals surface area contributed by atoms with Crippen molar-refractivity contribution in [3.05, 3.63) is 0 Å². The zero-order valence-corrected chi connectivity index (χ0v) is 8.22. The third-order valence-electron chi connectivity index (χ3n) is 2.20. The van der Waals surface area contributed by atoms with Crippen LogP contribution in [-0.4, -0.2) is 23.9 Å². The number of nitrogens with zero attached hydrogens (tertiary/aromatic N) is 1. The van der Waals surface area contributed by atoms with Gasteiger partial charge in [-0.15, -0.1) is 0 Å². The Bertz CT molecular complexity index is 175. The van der Waals surface area contributed by atoms with Crippen LogP contribution in [0, 0.1) is 16.7 Å².